The Morgan fingerprint density at radius 1 is 1.21 bits per heavy atom. The van der Waals surface area contributed by atoms with Gasteiger partial charge in [-0.2, -0.15) is 0 Å². The van der Waals surface area contributed by atoms with Crippen molar-refractivity contribution in [2.45, 2.75) is 26.3 Å². The molecule has 2 aromatic rings. The van der Waals surface area contributed by atoms with Crippen LogP contribution < -0.4 is 4.90 Å². The first-order chi connectivity index (χ1) is 14.0. The quantitative estimate of drug-likeness (QED) is 0.617. The van der Waals surface area contributed by atoms with Crippen LogP contribution >= 0.6 is 11.3 Å². The molecule has 2 heterocycles. The Morgan fingerprint density at radius 3 is 2.55 bits per heavy atom. The van der Waals surface area contributed by atoms with Gasteiger partial charge in [0.05, 0.1) is 36.1 Å². The molecule has 0 spiro atoms. The number of quaternary nitrogens is 1. The van der Waals surface area contributed by atoms with Crippen LogP contribution in [0, 0.1) is 5.82 Å². The van der Waals surface area contributed by atoms with E-state index in [1.54, 1.807) is 35.7 Å². The summed E-state index contributed by atoms with van der Waals surface area (Å²) in [5.74, 6) is -2.13. The zero-order valence-corrected chi connectivity index (χ0v) is 17.5. The fourth-order valence-corrected chi connectivity index (χ4v) is 4.46. The van der Waals surface area contributed by atoms with Gasteiger partial charge in [-0.05, 0) is 31.4 Å². The van der Waals surface area contributed by atoms with E-state index in [1.807, 2.05) is 0 Å². The lowest BCUT2D eigenvalue weighted by molar-refractivity contribution is -0.896. The fourth-order valence-electron chi connectivity index (χ4n) is 3.78. The number of rotatable bonds is 9. The molecule has 1 atom stereocenters. The number of halogens is 1. The average molecular weight is 418 g/mol. The van der Waals surface area contributed by atoms with Gasteiger partial charge in [-0.1, -0.05) is 24.3 Å². The Bertz CT molecular complexity index is 907. The molecule has 0 saturated carbocycles. The van der Waals surface area contributed by atoms with Gasteiger partial charge in [0, 0.05) is 18.5 Å². The number of hydrogen-bond donors (Lipinski definition) is 2. The standard InChI is InChI=1S/C22H25FN2O3S/c1-3-24(4-2)12-8-13-25-19(15-9-5-6-10-16(15)23)18(21(27)22(25)28)20(26)17-11-7-14-29-17/h5-7,9-11,14,19,27H,3-4,8,12-13H2,1-2H3/p+1/t19-/m0/s1. The summed E-state index contributed by atoms with van der Waals surface area (Å²) in [6, 6.07) is 8.55. The topological polar surface area (TPSA) is 62.1 Å². The molecule has 7 heteroatoms. The second-order valence-electron chi connectivity index (χ2n) is 7.05. The van der Waals surface area contributed by atoms with E-state index >= 15 is 0 Å². The van der Waals surface area contributed by atoms with Gasteiger partial charge >= 0.3 is 0 Å². The number of aliphatic hydroxyl groups is 1. The maximum absolute atomic E-state index is 14.7. The number of benzene rings is 1. The van der Waals surface area contributed by atoms with Crippen LogP contribution in [-0.2, 0) is 4.79 Å². The Kier molecular flexibility index (Phi) is 6.82. The van der Waals surface area contributed by atoms with Crippen molar-refractivity contribution in [2.24, 2.45) is 0 Å². The molecular weight excluding hydrogens is 391 g/mol. The van der Waals surface area contributed by atoms with E-state index in [4.69, 9.17) is 0 Å². The van der Waals surface area contributed by atoms with Crippen LogP contribution in [-0.4, -0.2) is 47.9 Å². The maximum atomic E-state index is 14.7. The first-order valence-corrected chi connectivity index (χ1v) is 10.8. The highest BCUT2D eigenvalue weighted by Gasteiger charge is 2.44. The third-order valence-corrected chi connectivity index (χ3v) is 6.29. The third kappa shape index (κ3) is 4.26. The van der Waals surface area contributed by atoms with Gasteiger partial charge < -0.3 is 14.9 Å². The number of carbonyl (C=O) groups excluding carboxylic acids is 2. The van der Waals surface area contributed by atoms with Gasteiger partial charge in [-0.15, -0.1) is 11.3 Å². The molecule has 1 amide bonds. The van der Waals surface area contributed by atoms with Crippen LogP contribution in [0.1, 0.15) is 41.5 Å². The lowest BCUT2D eigenvalue weighted by Gasteiger charge is -2.27. The Labute approximate surface area is 174 Å². The lowest BCUT2D eigenvalue weighted by Crippen LogP contribution is -3.11. The number of ketones is 1. The van der Waals surface area contributed by atoms with Crippen molar-refractivity contribution in [1.82, 2.24) is 4.90 Å². The van der Waals surface area contributed by atoms with Crippen molar-refractivity contribution in [3.8, 4) is 0 Å². The van der Waals surface area contributed by atoms with Crippen LogP contribution in [0.4, 0.5) is 4.39 Å². The number of aliphatic hydroxyl groups excluding tert-OH is 1. The second-order valence-corrected chi connectivity index (χ2v) is 8.00. The minimum Gasteiger partial charge on any atom is -0.503 e. The predicted octanol–water partition coefficient (Wildman–Crippen LogP) is 2.78. The van der Waals surface area contributed by atoms with Crippen molar-refractivity contribution >= 4 is 23.0 Å². The van der Waals surface area contributed by atoms with E-state index in [0.717, 1.165) is 19.6 Å². The summed E-state index contributed by atoms with van der Waals surface area (Å²) < 4.78 is 14.7. The van der Waals surface area contributed by atoms with Crippen LogP contribution in [0.2, 0.25) is 0 Å². The number of amides is 1. The average Bonchev–Trinajstić information content (AvgIpc) is 3.34. The molecule has 0 unspecified atom stereocenters. The maximum Gasteiger partial charge on any atom is 0.290 e. The molecule has 1 aliphatic heterocycles. The molecule has 0 saturated heterocycles. The van der Waals surface area contributed by atoms with Crippen molar-refractivity contribution in [3.05, 3.63) is 69.4 Å². The van der Waals surface area contributed by atoms with E-state index in [9.17, 15) is 19.1 Å². The Hall–Kier alpha value is -2.51. The van der Waals surface area contributed by atoms with Gasteiger partial charge in [0.2, 0.25) is 5.78 Å². The first kappa shape index (κ1) is 21.2. The highest BCUT2D eigenvalue weighted by atomic mass is 32.1. The normalized spacial score (nSPS) is 16.9. The zero-order valence-electron chi connectivity index (χ0n) is 16.7. The van der Waals surface area contributed by atoms with E-state index in [0.29, 0.717) is 17.8 Å². The molecule has 5 nitrogen and oxygen atoms in total. The van der Waals surface area contributed by atoms with Gasteiger partial charge in [-0.25, -0.2) is 4.39 Å². The largest absolute Gasteiger partial charge is 0.503 e. The summed E-state index contributed by atoms with van der Waals surface area (Å²) in [5.41, 5.74) is 0.178. The summed E-state index contributed by atoms with van der Waals surface area (Å²) >= 11 is 1.23. The fraction of sp³-hybridized carbons (Fsp3) is 0.364. The van der Waals surface area contributed by atoms with Crippen molar-refractivity contribution < 1.29 is 24.0 Å². The molecule has 1 aromatic carbocycles. The molecule has 154 valence electrons. The van der Waals surface area contributed by atoms with E-state index in [1.165, 1.54) is 27.2 Å². The monoisotopic (exact) mass is 417 g/mol. The lowest BCUT2D eigenvalue weighted by atomic mass is 9.95. The summed E-state index contributed by atoms with van der Waals surface area (Å²) in [6.07, 6.45) is 0.696. The summed E-state index contributed by atoms with van der Waals surface area (Å²) in [4.78, 5) is 29.1. The number of hydrogen-bond acceptors (Lipinski definition) is 4. The molecule has 2 N–H and O–H groups in total. The summed E-state index contributed by atoms with van der Waals surface area (Å²) in [6.45, 7) is 7.36. The number of Topliss-reactive ketones (excluding diaryl/α,β-unsaturated/α-hetero) is 1. The van der Waals surface area contributed by atoms with Gasteiger partial charge in [0.15, 0.2) is 5.76 Å². The molecule has 1 aliphatic rings. The van der Waals surface area contributed by atoms with Gasteiger partial charge in [0.25, 0.3) is 5.91 Å². The molecule has 0 bridgehead atoms. The second kappa shape index (κ2) is 9.33. The highest BCUT2D eigenvalue weighted by molar-refractivity contribution is 7.12. The van der Waals surface area contributed by atoms with Crippen LogP contribution in [0.15, 0.2) is 53.1 Å². The van der Waals surface area contributed by atoms with Gasteiger partial charge in [-0.3, -0.25) is 9.59 Å². The number of carbonyl (C=O) groups is 2. The van der Waals surface area contributed by atoms with Crippen LogP contribution in [0.25, 0.3) is 0 Å². The molecule has 1 aromatic heterocycles. The first-order valence-electron chi connectivity index (χ1n) is 9.89. The van der Waals surface area contributed by atoms with Crippen LogP contribution in [0.5, 0.6) is 0 Å². The predicted molar refractivity (Wildman–Crippen MR) is 111 cm³/mol. The molecular formula is C22H26FN2O3S+. The third-order valence-electron chi connectivity index (χ3n) is 5.42. The van der Waals surface area contributed by atoms with Gasteiger partial charge in [0.1, 0.15) is 5.82 Å². The molecule has 0 fully saturated rings. The van der Waals surface area contributed by atoms with Crippen molar-refractivity contribution in [3.63, 3.8) is 0 Å². The minimum atomic E-state index is -0.926. The molecule has 3 rings (SSSR count). The SMILES string of the molecule is CC[NH+](CC)CCCN1C(=O)C(O)=C(C(=O)c2cccs2)[C@@H]1c1ccccc1F. The number of thiophene rings is 1. The Balaban J connectivity index is 1.95. The van der Waals surface area contributed by atoms with Crippen LogP contribution in [0.3, 0.4) is 0 Å². The molecule has 29 heavy (non-hydrogen) atoms. The minimum absolute atomic E-state index is 0.0438. The van der Waals surface area contributed by atoms with E-state index in [-0.39, 0.29) is 11.1 Å². The van der Waals surface area contributed by atoms with Crippen molar-refractivity contribution in [2.75, 3.05) is 26.2 Å². The molecule has 0 radical (unpaired) electrons. The Morgan fingerprint density at radius 2 is 1.93 bits per heavy atom. The van der Waals surface area contributed by atoms with E-state index < -0.39 is 29.3 Å². The van der Waals surface area contributed by atoms with E-state index in [2.05, 4.69) is 13.8 Å². The zero-order chi connectivity index (χ0) is 21.0. The smallest absolute Gasteiger partial charge is 0.290 e. The highest BCUT2D eigenvalue weighted by Crippen LogP contribution is 2.40. The summed E-state index contributed by atoms with van der Waals surface area (Å²) in [5, 5.41) is 12.3. The summed E-state index contributed by atoms with van der Waals surface area (Å²) in [7, 11) is 0. The number of nitrogens with one attached hydrogen (secondary N) is 1. The van der Waals surface area contributed by atoms with Crippen molar-refractivity contribution in [1.29, 1.82) is 0 Å². The molecule has 0 aliphatic carbocycles. The number of nitrogens with zero attached hydrogens (tertiary/aromatic N) is 1.